The van der Waals surface area contributed by atoms with Gasteiger partial charge in [-0.2, -0.15) is 8.78 Å². The van der Waals surface area contributed by atoms with Crippen molar-refractivity contribution in [1.29, 1.82) is 0 Å². The Hall–Kier alpha value is -3.41. The maximum atomic E-state index is 12.6. The number of esters is 1. The van der Waals surface area contributed by atoms with Gasteiger partial charge >= 0.3 is 12.6 Å². The summed E-state index contributed by atoms with van der Waals surface area (Å²) in [5.41, 5.74) is 1.48. The van der Waals surface area contributed by atoms with Gasteiger partial charge in [-0.15, -0.1) is 0 Å². The number of para-hydroxylation sites is 1. The molecule has 3 aromatic carbocycles. The SMILES string of the molecule is CCC(C(=O)OCc1cccc(Oc2ccccc2)c1)c1ccc(OC(F)F)cc1. The number of rotatable bonds is 9. The minimum absolute atomic E-state index is 0.0483. The van der Waals surface area contributed by atoms with E-state index in [-0.39, 0.29) is 18.3 Å². The molecule has 0 fully saturated rings. The smallest absolute Gasteiger partial charge is 0.387 e. The molecule has 30 heavy (non-hydrogen) atoms. The molecule has 3 aromatic rings. The summed E-state index contributed by atoms with van der Waals surface area (Å²) in [4.78, 5) is 12.6. The van der Waals surface area contributed by atoms with Gasteiger partial charge in [0.05, 0.1) is 5.92 Å². The molecule has 4 nitrogen and oxygen atoms in total. The Bertz CT molecular complexity index is 943. The molecule has 3 rings (SSSR count). The second kappa shape index (κ2) is 10.4. The highest BCUT2D eigenvalue weighted by molar-refractivity contribution is 5.78. The normalized spacial score (nSPS) is 11.7. The summed E-state index contributed by atoms with van der Waals surface area (Å²) in [5, 5.41) is 0. The van der Waals surface area contributed by atoms with Crippen molar-refractivity contribution in [3.63, 3.8) is 0 Å². The van der Waals surface area contributed by atoms with E-state index in [1.165, 1.54) is 12.1 Å². The fraction of sp³-hybridized carbons (Fsp3) is 0.208. The molecule has 0 amide bonds. The Morgan fingerprint density at radius 2 is 1.57 bits per heavy atom. The molecular formula is C24H22F2O4. The molecule has 0 bridgehead atoms. The quantitative estimate of drug-likeness (QED) is 0.386. The van der Waals surface area contributed by atoms with Crippen LogP contribution in [0.2, 0.25) is 0 Å². The molecule has 0 saturated heterocycles. The number of hydrogen-bond acceptors (Lipinski definition) is 4. The van der Waals surface area contributed by atoms with Crippen LogP contribution in [-0.2, 0) is 16.1 Å². The van der Waals surface area contributed by atoms with Crippen molar-refractivity contribution >= 4 is 5.97 Å². The maximum Gasteiger partial charge on any atom is 0.387 e. The van der Waals surface area contributed by atoms with Crippen LogP contribution in [0.15, 0.2) is 78.9 Å². The summed E-state index contributed by atoms with van der Waals surface area (Å²) < 4.78 is 40.2. The number of alkyl halides is 2. The van der Waals surface area contributed by atoms with Gasteiger partial charge in [-0.05, 0) is 53.9 Å². The van der Waals surface area contributed by atoms with E-state index in [1.54, 1.807) is 12.1 Å². The number of halogens is 2. The molecule has 0 heterocycles. The van der Waals surface area contributed by atoms with Crippen LogP contribution in [0.5, 0.6) is 17.2 Å². The molecule has 6 heteroatoms. The summed E-state index contributed by atoms with van der Waals surface area (Å²) >= 11 is 0. The molecule has 1 unspecified atom stereocenters. The van der Waals surface area contributed by atoms with Gasteiger partial charge in [0.2, 0.25) is 0 Å². The summed E-state index contributed by atoms with van der Waals surface area (Å²) in [6.45, 7) is -0.915. The lowest BCUT2D eigenvalue weighted by molar-refractivity contribution is -0.146. The second-order valence-corrected chi connectivity index (χ2v) is 6.58. The van der Waals surface area contributed by atoms with Crippen LogP contribution >= 0.6 is 0 Å². The van der Waals surface area contributed by atoms with E-state index < -0.39 is 12.5 Å². The minimum atomic E-state index is -2.88. The first-order chi connectivity index (χ1) is 14.5. The Labute approximate surface area is 174 Å². The van der Waals surface area contributed by atoms with Gasteiger partial charge in [-0.25, -0.2) is 0 Å². The molecule has 156 valence electrons. The van der Waals surface area contributed by atoms with Crippen molar-refractivity contribution in [2.75, 3.05) is 0 Å². The average molecular weight is 412 g/mol. The topological polar surface area (TPSA) is 44.8 Å². The standard InChI is InChI=1S/C24H22F2O4/c1-2-22(18-11-13-20(14-12-18)30-24(25)26)23(27)28-16-17-7-6-10-21(15-17)29-19-8-4-3-5-9-19/h3-15,22,24H,2,16H2,1H3. The van der Waals surface area contributed by atoms with Crippen molar-refractivity contribution in [2.45, 2.75) is 32.5 Å². The van der Waals surface area contributed by atoms with E-state index in [0.29, 0.717) is 17.7 Å². The van der Waals surface area contributed by atoms with E-state index in [0.717, 1.165) is 11.3 Å². The van der Waals surface area contributed by atoms with E-state index in [1.807, 2.05) is 61.5 Å². The first kappa shape index (κ1) is 21.3. The van der Waals surface area contributed by atoms with Crippen molar-refractivity contribution in [3.8, 4) is 17.2 Å². The van der Waals surface area contributed by atoms with Gasteiger partial charge in [-0.3, -0.25) is 4.79 Å². The predicted octanol–water partition coefficient (Wildman–Crippen LogP) is 6.32. The van der Waals surface area contributed by atoms with Crippen LogP contribution in [-0.4, -0.2) is 12.6 Å². The molecule has 0 radical (unpaired) electrons. The van der Waals surface area contributed by atoms with Crippen molar-refractivity contribution in [3.05, 3.63) is 90.0 Å². The Morgan fingerprint density at radius 1 is 0.867 bits per heavy atom. The lowest BCUT2D eigenvalue weighted by Crippen LogP contribution is -2.15. The molecule has 0 saturated carbocycles. The third kappa shape index (κ3) is 6.04. The van der Waals surface area contributed by atoms with Gasteiger partial charge in [0.15, 0.2) is 0 Å². The summed E-state index contributed by atoms with van der Waals surface area (Å²) in [6.07, 6.45) is 0.519. The molecule has 0 aliphatic carbocycles. The molecule has 0 aliphatic rings. The van der Waals surface area contributed by atoms with Crippen LogP contribution in [0, 0.1) is 0 Å². The van der Waals surface area contributed by atoms with Gasteiger partial charge < -0.3 is 14.2 Å². The zero-order chi connectivity index (χ0) is 21.3. The third-order valence-corrected chi connectivity index (χ3v) is 4.46. The van der Waals surface area contributed by atoms with Crippen molar-refractivity contribution in [2.24, 2.45) is 0 Å². The molecule has 0 aliphatic heterocycles. The minimum Gasteiger partial charge on any atom is -0.460 e. The van der Waals surface area contributed by atoms with Gasteiger partial charge in [0, 0.05) is 0 Å². The fourth-order valence-corrected chi connectivity index (χ4v) is 3.00. The highest BCUT2D eigenvalue weighted by Gasteiger charge is 2.20. The molecular weight excluding hydrogens is 390 g/mol. The monoisotopic (exact) mass is 412 g/mol. The van der Waals surface area contributed by atoms with E-state index >= 15 is 0 Å². The third-order valence-electron chi connectivity index (χ3n) is 4.46. The molecule has 0 spiro atoms. The predicted molar refractivity (Wildman–Crippen MR) is 109 cm³/mol. The molecule has 0 aromatic heterocycles. The Morgan fingerprint density at radius 3 is 2.23 bits per heavy atom. The average Bonchev–Trinajstić information content (AvgIpc) is 2.75. The lowest BCUT2D eigenvalue weighted by Gasteiger charge is -2.15. The summed E-state index contributed by atoms with van der Waals surface area (Å²) in [5.74, 6) is 0.546. The zero-order valence-electron chi connectivity index (χ0n) is 16.5. The number of ether oxygens (including phenoxy) is 3. The van der Waals surface area contributed by atoms with Crippen molar-refractivity contribution in [1.82, 2.24) is 0 Å². The Kier molecular flexibility index (Phi) is 7.38. The molecule has 1 atom stereocenters. The van der Waals surface area contributed by atoms with Crippen LogP contribution in [0.25, 0.3) is 0 Å². The van der Waals surface area contributed by atoms with Crippen LogP contribution < -0.4 is 9.47 Å². The largest absolute Gasteiger partial charge is 0.460 e. The Balaban J connectivity index is 1.60. The number of carbonyl (C=O) groups is 1. The second-order valence-electron chi connectivity index (χ2n) is 6.58. The maximum absolute atomic E-state index is 12.6. The summed E-state index contributed by atoms with van der Waals surface area (Å²) in [7, 11) is 0. The van der Waals surface area contributed by atoms with Crippen LogP contribution in [0.4, 0.5) is 8.78 Å². The van der Waals surface area contributed by atoms with Crippen LogP contribution in [0.1, 0.15) is 30.4 Å². The summed E-state index contributed by atoms with van der Waals surface area (Å²) in [6, 6.07) is 22.8. The van der Waals surface area contributed by atoms with Crippen molar-refractivity contribution < 1.29 is 27.8 Å². The first-order valence-electron chi connectivity index (χ1n) is 9.58. The lowest BCUT2D eigenvalue weighted by atomic mass is 9.96. The highest BCUT2D eigenvalue weighted by atomic mass is 19.3. The first-order valence-corrected chi connectivity index (χ1v) is 9.58. The zero-order valence-corrected chi connectivity index (χ0v) is 16.5. The van der Waals surface area contributed by atoms with Gasteiger partial charge in [0.25, 0.3) is 0 Å². The number of carbonyl (C=O) groups excluding carboxylic acids is 1. The van der Waals surface area contributed by atoms with E-state index in [4.69, 9.17) is 9.47 Å². The highest BCUT2D eigenvalue weighted by Crippen LogP contribution is 2.26. The van der Waals surface area contributed by atoms with Gasteiger partial charge in [-0.1, -0.05) is 49.4 Å². The fourth-order valence-electron chi connectivity index (χ4n) is 3.00. The van der Waals surface area contributed by atoms with Gasteiger partial charge in [0.1, 0.15) is 23.9 Å². The van der Waals surface area contributed by atoms with E-state index in [9.17, 15) is 13.6 Å². The number of benzene rings is 3. The number of hydrogen-bond donors (Lipinski definition) is 0. The van der Waals surface area contributed by atoms with E-state index in [2.05, 4.69) is 4.74 Å². The van der Waals surface area contributed by atoms with Crippen LogP contribution in [0.3, 0.4) is 0 Å². The molecule has 0 N–H and O–H groups in total.